The summed E-state index contributed by atoms with van der Waals surface area (Å²) in [5.41, 5.74) is 0.521. The minimum absolute atomic E-state index is 0.249. The number of hydrogen-bond acceptors (Lipinski definition) is 2. The van der Waals surface area contributed by atoms with Gasteiger partial charge in [-0.1, -0.05) is 13.8 Å². The molecule has 0 aliphatic carbocycles. The molecule has 0 bridgehead atoms. The third kappa shape index (κ3) is 3.18. The fraction of sp³-hybridized carbons (Fsp3) is 1.00. The summed E-state index contributed by atoms with van der Waals surface area (Å²) in [7, 11) is 0. The number of rotatable bonds is 1. The maximum absolute atomic E-state index is 3.65. The van der Waals surface area contributed by atoms with Crippen molar-refractivity contribution in [2.45, 2.75) is 65.6 Å². The van der Waals surface area contributed by atoms with Crippen LogP contribution in [0.2, 0.25) is 0 Å². The lowest BCUT2D eigenvalue weighted by Crippen LogP contribution is -2.67. The van der Waals surface area contributed by atoms with E-state index in [0.29, 0.717) is 12.0 Å². The first-order valence-electron chi connectivity index (χ1n) is 6.15. The Labute approximate surface area is 95.4 Å². The highest BCUT2D eigenvalue weighted by Crippen LogP contribution is 2.27. The zero-order chi connectivity index (χ0) is 11.9. The molecule has 1 heterocycles. The van der Waals surface area contributed by atoms with E-state index in [1.807, 2.05) is 0 Å². The Morgan fingerprint density at radius 1 is 1.27 bits per heavy atom. The topological polar surface area (TPSA) is 15.3 Å². The Kier molecular flexibility index (Phi) is 3.52. The summed E-state index contributed by atoms with van der Waals surface area (Å²) in [5, 5.41) is 3.65. The van der Waals surface area contributed by atoms with E-state index < -0.39 is 0 Å². The smallest absolute Gasteiger partial charge is 0.0253 e. The standard InChI is InChI=1S/C13H28N2/c1-10(2)11-8-14-13(6,7)9-15(11)12(3,4)5/h10-11,14H,8-9H2,1-7H3. The molecule has 1 aliphatic heterocycles. The third-order valence-electron chi connectivity index (χ3n) is 3.39. The average molecular weight is 212 g/mol. The van der Waals surface area contributed by atoms with Gasteiger partial charge in [-0.15, -0.1) is 0 Å². The van der Waals surface area contributed by atoms with Gasteiger partial charge in [0.1, 0.15) is 0 Å². The Bertz CT molecular complexity index is 213. The minimum atomic E-state index is 0.249. The second-order valence-electron chi connectivity index (χ2n) is 6.87. The summed E-state index contributed by atoms with van der Waals surface area (Å²) in [6, 6.07) is 0.665. The van der Waals surface area contributed by atoms with Crippen molar-refractivity contribution in [2.24, 2.45) is 5.92 Å². The summed E-state index contributed by atoms with van der Waals surface area (Å²) < 4.78 is 0. The van der Waals surface area contributed by atoms with Crippen molar-refractivity contribution in [3.05, 3.63) is 0 Å². The van der Waals surface area contributed by atoms with Crippen molar-refractivity contribution in [2.75, 3.05) is 13.1 Å². The third-order valence-corrected chi connectivity index (χ3v) is 3.39. The van der Waals surface area contributed by atoms with Gasteiger partial charge in [0.25, 0.3) is 0 Å². The average Bonchev–Trinajstić information content (AvgIpc) is 2.00. The highest BCUT2D eigenvalue weighted by atomic mass is 15.3. The number of hydrogen-bond donors (Lipinski definition) is 1. The van der Waals surface area contributed by atoms with Crippen LogP contribution in [0.4, 0.5) is 0 Å². The number of nitrogens with zero attached hydrogens (tertiary/aromatic N) is 1. The maximum atomic E-state index is 3.65. The van der Waals surface area contributed by atoms with E-state index in [9.17, 15) is 0 Å². The van der Waals surface area contributed by atoms with Crippen LogP contribution < -0.4 is 5.32 Å². The lowest BCUT2D eigenvalue weighted by Gasteiger charge is -2.52. The van der Waals surface area contributed by atoms with Crippen LogP contribution >= 0.6 is 0 Å². The van der Waals surface area contributed by atoms with E-state index >= 15 is 0 Å². The molecule has 1 rings (SSSR count). The van der Waals surface area contributed by atoms with Crippen molar-refractivity contribution in [3.63, 3.8) is 0 Å². The second-order valence-corrected chi connectivity index (χ2v) is 6.87. The molecule has 2 heteroatoms. The van der Waals surface area contributed by atoms with Crippen molar-refractivity contribution in [1.29, 1.82) is 0 Å². The van der Waals surface area contributed by atoms with E-state index in [2.05, 4.69) is 58.7 Å². The van der Waals surface area contributed by atoms with E-state index in [1.165, 1.54) is 0 Å². The van der Waals surface area contributed by atoms with Gasteiger partial charge in [-0.2, -0.15) is 0 Å². The van der Waals surface area contributed by atoms with Gasteiger partial charge < -0.3 is 5.32 Å². The molecule has 0 aromatic heterocycles. The Balaban J connectivity index is 2.84. The summed E-state index contributed by atoms with van der Waals surface area (Å²) in [6.07, 6.45) is 0. The summed E-state index contributed by atoms with van der Waals surface area (Å²) in [4.78, 5) is 2.66. The zero-order valence-electron chi connectivity index (χ0n) is 11.5. The van der Waals surface area contributed by atoms with Gasteiger partial charge in [-0.05, 0) is 40.5 Å². The van der Waals surface area contributed by atoms with Crippen LogP contribution in [0, 0.1) is 5.92 Å². The van der Waals surface area contributed by atoms with Crippen LogP contribution in [0.25, 0.3) is 0 Å². The van der Waals surface area contributed by atoms with Gasteiger partial charge >= 0.3 is 0 Å². The molecule has 1 aliphatic rings. The molecule has 0 radical (unpaired) electrons. The predicted octanol–water partition coefficient (Wildman–Crippen LogP) is 2.49. The summed E-state index contributed by atoms with van der Waals surface area (Å²) in [5.74, 6) is 0.716. The highest BCUT2D eigenvalue weighted by molar-refractivity contribution is 4.97. The molecule has 15 heavy (non-hydrogen) atoms. The van der Waals surface area contributed by atoms with Crippen molar-refractivity contribution < 1.29 is 0 Å². The minimum Gasteiger partial charge on any atom is -0.309 e. The van der Waals surface area contributed by atoms with Gasteiger partial charge in [-0.3, -0.25) is 4.90 Å². The second kappa shape index (κ2) is 4.06. The molecule has 0 amide bonds. The Morgan fingerprint density at radius 2 is 1.80 bits per heavy atom. The van der Waals surface area contributed by atoms with Crippen LogP contribution in [0.1, 0.15) is 48.5 Å². The van der Waals surface area contributed by atoms with E-state index in [-0.39, 0.29) is 11.1 Å². The van der Waals surface area contributed by atoms with E-state index in [4.69, 9.17) is 0 Å². The largest absolute Gasteiger partial charge is 0.309 e. The van der Waals surface area contributed by atoms with E-state index in [1.54, 1.807) is 0 Å². The first kappa shape index (κ1) is 13.0. The molecule has 1 saturated heterocycles. The van der Waals surface area contributed by atoms with Crippen LogP contribution in [0.5, 0.6) is 0 Å². The predicted molar refractivity (Wildman–Crippen MR) is 67.2 cm³/mol. The number of nitrogens with one attached hydrogen (secondary N) is 1. The fourth-order valence-electron chi connectivity index (χ4n) is 2.42. The van der Waals surface area contributed by atoms with Crippen molar-refractivity contribution >= 4 is 0 Å². The molecule has 0 aromatic carbocycles. The molecular weight excluding hydrogens is 184 g/mol. The Hall–Kier alpha value is -0.0800. The van der Waals surface area contributed by atoms with Crippen LogP contribution in [0.15, 0.2) is 0 Å². The number of piperazine rings is 1. The van der Waals surface area contributed by atoms with Gasteiger partial charge in [0.15, 0.2) is 0 Å². The van der Waals surface area contributed by atoms with Crippen molar-refractivity contribution in [1.82, 2.24) is 10.2 Å². The molecule has 0 aromatic rings. The maximum Gasteiger partial charge on any atom is 0.0253 e. The summed E-state index contributed by atoms with van der Waals surface area (Å²) in [6.45, 7) is 18.5. The molecule has 0 spiro atoms. The monoisotopic (exact) mass is 212 g/mol. The zero-order valence-corrected chi connectivity index (χ0v) is 11.5. The lowest BCUT2D eigenvalue weighted by atomic mass is 9.88. The fourth-order valence-corrected chi connectivity index (χ4v) is 2.42. The molecule has 1 unspecified atom stereocenters. The van der Waals surface area contributed by atoms with Crippen LogP contribution in [0.3, 0.4) is 0 Å². The van der Waals surface area contributed by atoms with Gasteiger partial charge in [0.2, 0.25) is 0 Å². The molecule has 1 fully saturated rings. The normalized spacial score (nSPS) is 28.4. The SMILES string of the molecule is CC(C)C1CNC(C)(C)CN1C(C)(C)C. The first-order chi connectivity index (χ1) is 6.63. The van der Waals surface area contributed by atoms with Crippen LogP contribution in [-0.2, 0) is 0 Å². The molecule has 1 N–H and O–H groups in total. The van der Waals surface area contributed by atoms with Gasteiger partial charge in [0, 0.05) is 30.2 Å². The molecule has 90 valence electrons. The first-order valence-corrected chi connectivity index (χ1v) is 6.15. The quantitative estimate of drug-likeness (QED) is 0.718. The lowest BCUT2D eigenvalue weighted by molar-refractivity contribution is -0.000399. The molecule has 1 atom stereocenters. The molecule has 2 nitrogen and oxygen atoms in total. The van der Waals surface area contributed by atoms with Crippen LogP contribution in [-0.4, -0.2) is 35.1 Å². The van der Waals surface area contributed by atoms with E-state index in [0.717, 1.165) is 13.1 Å². The van der Waals surface area contributed by atoms with Crippen molar-refractivity contribution in [3.8, 4) is 0 Å². The Morgan fingerprint density at radius 3 is 2.20 bits per heavy atom. The molecule has 0 saturated carbocycles. The molecular formula is C13H28N2. The highest BCUT2D eigenvalue weighted by Gasteiger charge is 2.38. The van der Waals surface area contributed by atoms with Gasteiger partial charge in [0.05, 0.1) is 0 Å². The summed E-state index contributed by atoms with van der Waals surface area (Å²) >= 11 is 0. The van der Waals surface area contributed by atoms with Gasteiger partial charge in [-0.25, -0.2) is 0 Å².